The lowest BCUT2D eigenvalue weighted by molar-refractivity contribution is -0.644. The maximum Gasteiger partial charge on any atom is 0.294 e. The van der Waals surface area contributed by atoms with Crippen molar-refractivity contribution in [3.8, 4) is 11.1 Å². The first kappa shape index (κ1) is 11.0. The molecule has 0 spiro atoms. The molecule has 18 heavy (non-hydrogen) atoms. The number of hydrogen-bond donors (Lipinski definition) is 0. The van der Waals surface area contributed by atoms with Gasteiger partial charge in [0.25, 0.3) is 5.65 Å². The van der Waals surface area contributed by atoms with Crippen molar-refractivity contribution in [3.63, 3.8) is 0 Å². The molecule has 2 aromatic heterocycles. The Balaban J connectivity index is 2.41. The third-order valence-electron chi connectivity index (χ3n) is 3.45. The molecule has 0 atom stereocenters. The normalized spacial score (nSPS) is 11.0. The number of benzene rings is 1. The molecule has 90 valence electrons. The van der Waals surface area contributed by atoms with Gasteiger partial charge in [0.1, 0.15) is 12.4 Å². The topological polar surface area (TPSA) is 8.29 Å². The van der Waals surface area contributed by atoms with E-state index in [1.807, 2.05) is 0 Å². The molecule has 0 N–H and O–H groups in total. The number of hydrogen-bond acceptors (Lipinski definition) is 0. The average molecular weight is 237 g/mol. The van der Waals surface area contributed by atoms with Gasteiger partial charge in [0.2, 0.25) is 0 Å². The Bertz CT molecular complexity index is 681. The predicted octanol–water partition coefficient (Wildman–Crippen LogP) is 2.99. The molecule has 0 radical (unpaired) electrons. The molecular formula is C16H17N2+. The molecule has 0 amide bonds. The molecule has 0 saturated heterocycles. The number of imidazole rings is 1. The zero-order valence-electron chi connectivity index (χ0n) is 10.8. The summed E-state index contributed by atoms with van der Waals surface area (Å²) < 4.78 is 4.36. The van der Waals surface area contributed by atoms with Gasteiger partial charge < -0.3 is 0 Å². The minimum absolute atomic E-state index is 1.05. The molecule has 0 aliphatic carbocycles. The summed E-state index contributed by atoms with van der Waals surface area (Å²) in [5, 5.41) is 0. The van der Waals surface area contributed by atoms with Crippen LogP contribution in [-0.4, -0.2) is 4.40 Å². The van der Waals surface area contributed by atoms with Gasteiger partial charge >= 0.3 is 0 Å². The van der Waals surface area contributed by atoms with E-state index in [0.717, 1.165) is 6.42 Å². The molecule has 3 rings (SSSR count). The quantitative estimate of drug-likeness (QED) is 0.606. The highest BCUT2D eigenvalue weighted by atomic mass is 15.1. The zero-order valence-corrected chi connectivity index (χ0v) is 10.8. The minimum Gasteiger partial charge on any atom is -0.232 e. The number of aromatic nitrogens is 2. The van der Waals surface area contributed by atoms with Gasteiger partial charge in [-0.15, -0.1) is 0 Å². The van der Waals surface area contributed by atoms with Crippen molar-refractivity contribution in [1.29, 1.82) is 0 Å². The lowest BCUT2D eigenvalue weighted by Crippen LogP contribution is -2.26. The van der Waals surface area contributed by atoms with E-state index in [-0.39, 0.29) is 0 Å². The van der Waals surface area contributed by atoms with Crippen LogP contribution in [0.25, 0.3) is 16.8 Å². The highest BCUT2D eigenvalue weighted by Crippen LogP contribution is 2.27. The summed E-state index contributed by atoms with van der Waals surface area (Å²) in [6.45, 7) is 2.21. The van der Waals surface area contributed by atoms with Crippen LogP contribution < -0.4 is 4.57 Å². The number of aryl methyl sites for hydroxylation is 2. The summed E-state index contributed by atoms with van der Waals surface area (Å²) >= 11 is 0. The molecule has 0 saturated carbocycles. The Morgan fingerprint density at radius 1 is 1.06 bits per heavy atom. The van der Waals surface area contributed by atoms with Gasteiger partial charge in [-0.1, -0.05) is 37.3 Å². The lowest BCUT2D eigenvalue weighted by atomic mass is 9.99. The highest BCUT2D eigenvalue weighted by Gasteiger charge is 2.17. The van der Waals surface area contributed by atoms with Crippen molar-refractivity contribution in [1.82, 2.24) is 4.40 Å². The van der Waals surface area contributed by atoms with E-state index in [9.17, 15) is 0 Å². The summed E-state index contributed by atoms with van der Waals surface area (Å²) in [5.74, 6) is 0. The van der Waals surface area contributed by atoms with E-state index in [2.05, 4.69) is 77.9 Å². The monoisotopic (exact) mass is 237 g/mol. The van der Waals surface area contributed by atoms with Crippen LogP contribution in [0, 0.1) is 0 Å². The number of rotatable bonds is 2. The number of nitrogens with zero attached hydrogens (tertiary/aromatic N) is 2. The second kappa shape index (κ2) is 4.30. The molecule has 2 heterocycles. The smallest absolute Gasteiger partial charge is 0.232 e. The van der Waals surface area contributed by atoms with Crippen LogP contribution >= 0.6 is 0 Å². The van der Waals surface area contributed by atoms with Crippen molar-refractivity contribution >= 4 is 5.65 Å². The van der Waals surface area contributed by atoms with Crippen LogP contribution in [0.3, 0.4) is 0 Å². The van der Waals surface area contributed by atoms with Crippen LogP contribution in [0.2, 0.25) is 0 Å². The molecule has 0 aliphatic heterocycles. The maximum absolute atomic E-state index is 2.22. The van der Waals surface area contributed by atoms with Crippen molar-refractivity contribution in [2.75, 3.05) is 0 Å². The third kappa shape index (κ3) is 1.61. The van der Waals surface area contributed by atoms with Gasteiger partial charge in [-0.05, 0) is 23.6 Å². The molecule has 2 heteroatoms. The molecule has 0 fully saturated rings. The van der Waals surface area contributed by atoms with E-state index in [1.165, 1.54) is 22.3 Å². The van der Waals surface area contributed by atoms with Crippen molar-refractivity contribution in [2.45, 2.75) is 13.3 Å². The second-order valence-corrected chi connectivity index (χ2v) is 4.58. The van der Waals surface area contributed by atoms with Gasteiger partial charge in [-0.25, -0.2) is 8.97 Å². The Labute approximate surface area is 107 Å². The van der Waals surface area contributed by atoms with Gasteiger partial charge in [0.05, 0.1) is 18.8 Å². The number of fused-ring (bicyclic) bond motifs is 1. The fourth-order valence-electron chi connectivity index (χ4n) is 2.53. The Morgan fingerprint density at radius 3 is 2.56 bits per heavy atom. The standard InChI is InChI=1S/C16H17N2/c1-3-13-9-10-18-12-11-17(2)16(18)15(13)14-7-5-4-6-8-14/h4-12H,3H2,1-2H3/q+1. The van der Waals surface area contributed by atoms with Crippen LogP contribution in [0.5, 0.6) is 0 Å². The molecule has 1 aromatic carbocycles. The van der Waals surface area contributed by atoms with Gasteiger partial charge in [-0.2, -0.15) is 0 Å². The predicted molar refractivity (Wildman–Crippen MR) is 73.4 cm³/mol. The van der Waals surface area contributed by atoms with Gasteiger partial charge in [0, 0.05) is 0 Å². The summed E-state index contributed by atoms with van der Waals surface area (Å²) in [4.78, 5) is 0. The molecule has 3 aromatic rings. The highest BCUT2D eigenvalue weighted by molar-refractivity contribution is 5.78. The van der Waals surface area contributed by atoms with Crippen LogP contribution in [0.4, 0.5) is 0 Å². The van der Waals surface area contributed by atoms with Crippen LogP contribution in [0.15, 0.2) is 55.0 Å². The summed E-state index contributed by atoms with van der Waals surface area (Å²) in [6, 6.07) is 12.8. The van der Waals surface area contributed by atoms with Crippen LogP contribution in [-0.2, 0) is 13.5 Å². The Hall–Kier alpha value is -2.09. The fraction of sp³-hybridized carbons (Fsp3) is 0.188. The fourth-order valence-corrected chi connectivity index (χ4v) is 2.53. The number of pyridine rings is 1. The third-order valence-corrected chi connectivity index (χ3v) is 3.45. The molecule has 0 aliphatic rings. The Kier molecular flexibility index (Phi) is 2.63. The molecular weight excluding hydrogens is 220 g/mol. The van der Waals surface area contributed by atoms with Crippen molar-refractivity contribution < 1.29 is 4.57 Å². The van der Waals surface area contributed by atoms with Crippen LogP contribution in [0.1, 0.15) is 12.5 Å². The first-order valence-corrected chi connectivity index (χ1v) is 6.35. The summed E-state index contributed by atoms with van der Waals surface area (Å²) in [5.41, 5.74) is 5.27. The van der Waals surface area contributed by atoms with Crippen molar-refractivity contribution in [3.05, 3.63) is 60.6 Å². The zero-order chi connectivity index (χ0) is 12.5. The average Bonchev–Trinajstić information content (AvgIpc) is 2.80. The van der Waals surface area contributed by atoms with Crippen molar-refractivity contribution in [2.24, 2.45) is 7.05 Å². The van der Waals surface area contributed by atoms with Gasteiger partial charge in [0.15, 0.2) is 0 Å². The largest absolute Gasteiger partial charge is 0.294 e. The maximum atomic E-state index is 2.22. The van der Waals surface area contributed by atoms with E-state index in [4.69, 9.17) is 0 Å². The van der Waals surface area contributed by atoms with E-state index in [1.54, 1.807) is 0 Å². The van der Waals surface area contributed by atoms with E-state index < -0.39 is 0 Å². The lowest BCUT2D eigenvalue weighted by Gasteiger charge is -2.07. The first-order chi connectivity index (χ1) is 8.81. The Morgan fingerprint density at radius 2 is 1.83 bits per heavy atom. The van der Waals surface area contributed by atoms with Gasteiger partial charge in [-0.3, -0.25) is 0 Å². The SMILES string of the molecule is CCc1ccn2cc[n+](C)c2c1-c1ccccc1. The van der Waals surface area contributed by atoms with E-state index in [0.29, 0.717) is 0 Å². The summed E-state index contributed by atoms with van der Waals surface area (Å²) in [6.07, 6.45) is 7.38. The minimum atomic E-state index is 1.05. The second-order valence-electron chi connectivity index (χ2n) is 4.58. The molecule has 0 bridgehead atoms. The first-order valence-electron chi connectivity index (χ1n) is 6.35. The summed E-state index contributed by atoms with van der Waals surface area (Å²) in [7, 11) is 2.10. The molecule has 2 nitrogen and oxygen atoms in total. The van der Waals surface area contributed by atoms with E-state index >= 15 is 0 Å². The molecule has 0 unspecified atom stereocenters.